The van der Waals surface area contributed by atoms with E-state index in [1.165, 1.54) is 0 Å². The van der Waals surface area contributed by atoms with Gasteiger partial charge in [-0.15, -0.1) is 0 Å². The molecule has 0 aromatic carbocycles. The Morgan fingerprint density at radius 3 is 3.12 bits per heavy atom. The number of nitrogens with zero attached hydrogens (tertiary/aromatic N) is 1. The first-order chi connectivity index (χ1) is 7.79. The summed E-state index contributed by atoms with van der Waals surface area (Å²) in [5.74, 6) is 1.24. The topological polar surface area (TPSA) is 43.4 Å². The first-order valence-corrected chi connectivity index (χ1v) is 6.16. The van der Waals surface area contributed by atoms with Gasteiger partial charge in [-0.3, -0.25) is 0 Å². The Morgan fingerprint density at radius 1 is 1.56 bits per heavy atom. The van der Waals surface area contributed by atoms with E-state index in [1.807, 2.05) is 6.07 Å². The van der Waals surface area contributed by atoms with Crippen molar-refractivity contribution in [2.24, 2.45) is 0 Å². The van der Waals surface area contributed by atoms with E-state index in [2.05, 4.69) is 26.2 Å². The number of pyridine rings is 1. The summed E-state index contributed by atoms with van der Waals surface area (Å²) in [4.78, 5) is 4.15. The number of hydrogen-bond donors (Lipinski definition) is 1. The third kappa shape index (κ3) is 2.86. The molecule has 1 atom stereocenters. The summed E-state index contributed by atoms with van der Waals surface area (Å²) in [6.45, 7) is 1.96. The van der Waals surface area contributed by atoms with Crippen molar-refractivity contribution in [3.63, 3.8) is 0 Å². The van der Waals surface area contributed by atoms with Gasteiger partial charge in [0.1, 0.15) is 6.10 Å². The molecule has 5 heteroatoms. The average molecular weight is 287 g/mol. The van der Waals surface area contributed by atoms with Gasteiger partial charge >= 0.3 is 0 Å². The summed E-state index contributed by atoms with van der Waals surface area (Å²) >= 11 is 3.38. The molecule has 88 valence electrons. The maximum atomic E-state index is 5.88. The Labute approximate surface area is 103 Å². The molecule has 4 nitrogen and oxygen atoms in total. The first-order valence-electron chi connectivity index (χ1n) is 5.36. The molecule has 1 aliphatic heterocycles. The zero-order chi connectivity index (χ0) is 11.4. The van der Waals surface area contributed by atoms with Gasteiger partial charge in [-0.25, -0.2) is 4.98 Å². The van der Waals surface area contributed by atoms with E-state index in [4.69, 9.17) is 9.47 Å². The van der Waals surface area contributed by atoms with Crippen molar-refractivity contribution in [2.75, 3.05) is 20.2 Å². The third-order valence-electron chi connectivity index (χ3n) is 2.52. The Bertz CT molecular complexity index is 354. The second kappa shape index (κ2) is 5.50. The highest BCUT2D eigenvalue weighted by atomic mass is 79.9. The minimum Gasteiger partial charge on any atom is -0.483 e. The Balaban J connectivity index is 2.09. The Hall–Kier alpha value is -0.810. The molecule has 1 aromatic heterocycles. The maximum absolute atomic E-state index is 5.88. The summed E-state index contributed by atoms with van der Waals surface area (Å²) in [5, 5.41) is 3.31. The Morgan fingerprint density at radius 2 is 2.44 bits per heavy atom. The van der Waals surface area contributed by atoms with Crippen LogP contribution in [0.25, 0.3) is 0 Å². The predicted octanol–water partition coefficient (Wildman–Crippen LogP) is 1.98. The predicted molar refractivity (Wildman–Crippen MR) is 65.0 cm³/mol. The van der Waals surface area contributed by atoms with Crippen molar-refractivity contribution >= 4 is 15.9 Å². The zero-order valence-electron chi connectivity index (χ0n) is 9.20. The van der Waals surface area contributed by atoms with Crippen molar-refractivity contribution in [1.82, 2.24) is 10.3 Å². The summed E-state index contributed by atoms with van der Waals surface area (Å²) in [5.41, 5.74) is 0. The van der Waals surface area contributed by atoms with Crippen LogP contribution in [0.1, 0.15) is 12.8 Å². The lowest BCUT2D eigenvalue weighted by molar-refractivity contribution is 0.159. The van der Waals surface area contributed by atoms with Crippen LogP contribution in [-0.2, 0) is 0 Å². The number of piperidine rings is 1. The largest absolute Gasteiger partial charge is 0.483 e. The fraction of sp³-hybridized carbons (Fsp3) is 0.545. The molecule has 0 amide bonds. The standard InChI is InChI=1S/C11H15BrN2O2/c1-15-11-10(5-8(12)6-14-11)16-9-3-2-4-13-7-9/h5-6,9,13H,2-4,7H2,1H3. The number of halogens is 1. The van der Waals surface area contributed by atoms with Crippen LogP contribution in [0.3, 0.4) is 0 Å². The summed E-state index contributed by atoms with van der Waals surface area (Å²) in [6, 6.07) is 1.89. The number of aromatic nitrogens is 1. The van der Waals surface area contributed by atoms with E-state index in [1.54, 1.807) is 13.3 Å². The highest BCUT2D eigenvalue weighted by Gasteiger charge is 2.17. The number of methoxy groups -OCH3 is 1. The minimum atomic E-state index is 0.207. The van der Waals surface area contributed by atoms with Crippen LogP contribution < -0.4 is 14.8 Å². The van der Waals surface area contributed by atoms with Crippen LogP contribution >= 0.6 is 15.9 Å². The molecular formula is C11H15BrN2O2. The number of rotatable bonds is 3. The monoisotopic (exact) mass is 286 g/mol. The molecule has 0 spiro atoms. The normalized spacial score (nSPS) is 20.5. The second-order valence-corrected chi connectivity index (χ2v) is 4.66. The summed E-state index contributed by atoms with van der Waals surface area (Å²) < 4.78 is 11.9. The maximum Gasteiger partial charge on any atom is 0.256 e. The molecule has 2 heterocycles. The fourth-order valence-electron chi connectivity index (χ4n) is 1.75. The molecular weight excluding hydrogens is 272 g/mol. The molecule has 1 fully saturated rings. The molecule has 0 aliphatic carbocycles. The van der Waals surface area contributed by atoms with Gasteiger partial charge in [-0.2, -0.15) is 0 Å². The molecule has 1 aliphatic rings. The quantitative estimate of drug-likeness (QED) is 0.923. The van der Waals surface area contributed by atoms with Crippen LogP contribution in [0.15, 0.2) is 16.7 Å². The van der Waals surface area contributed by atoms with Gasteiger partial charge in [-0.1, -0.05) is 0 Å². The van der Waals surface area contributed by atoms with Crippen molar-refractivity contribution in [2.45, 2.75) is 18.9 Å². The van der Waals surface area contributed by atoms with Crippen LogP contribution in [0.2, 0.25) is 0 Å². The summed E-state index contributed by atoms with van der Waals surface area (Å²) in [7, 11) is 1.60. The van der Waals surface area contributed by atoms with Gasteiger partial charge in [0, 0.05) is 23.3 Å². The van der Waals surface area contributed by atoms with Crippen molar-refractivity contribution in [3.05, 3.63) is 16.7 Å². The van der Waals surface area contributed by atoms with E-state index < -0.39 is 0 Å². The van der Waals surface area contributed by atoms with E-state index in [-0.39, 0.29) is 6.10 Å². The molecule has 1 saturated heterocycles. The van der Waals surface area contributed by atoms with Crippen molar-refractivity contribution in [3.8, 4) is 11.6 Å². The lowest BCUT2D eigenvalue weighted by Gasteiger charge is -2.24. The van der Waals surface area contributed by atoms with E-state index >= 15 is 0 Å². The van der Waals surface area contributed by atoms with Gasteiger partial charge in [0.2, 0.25) is 0 Å². The van der Waals surface area contributed by atoms with Crippen LogP contribution in [0.5, 0.6) is 11.6 Å². The van der Waals surface area contributed by atoms with Gasteiger partial charge in [0.15, 0.2) is 5.75 Å². The van der Waals surface area contributed by atoms with Gasteiger partial charge in [-0.05, 0) is 35.3 Å². The molecule has 1 unspecified atom stereocenters. The van der Waals surface area contributed by atoms with Gasteiger partial charge < -0.3 is 14.8 Å². The molecule has 0 radical (unpaired) electrons. The lowest BCUT2D eigenvalue weighted by Crippen LogP contribution is -2.37. The smallest absolute Gasteiger partial charge is 0.256 e. The van der Waals surface area contributed by atoms with E-state index in [9.17, 15) is 0 Å². The van der Waals surface area contributed by atoms with E-state index in [0.717, 1.165) is 30.4 Å². The number of nitrogens with one attached hydrogen (secondary N) is 1. The van der Waals surface area contributed by atoms with Gasteiger partial charge in [0.25, 0.3) is 5.88 Å². The SMILES string of the molecule is COc1ncc(Br)cc1OC1CCCNC1. The minimum absolute atomic E-state index is 0.207. The third-order valence-corrected chi connectivity index (χ3v) is 2.96. The molecule has 0 saturated carbocycles. The average Bonchev–Trinajstić information content (AvgIpc) is 2.31. The lowest BCUT2D eigenvalue weighted by atomic mass is 10.1. The first kappa shape index (κ1) is 11.7. The van der Waals surface area contributed by atoms with Gasteiger partial charge in [0.05, 0.1) is 7.11 Å². The van der Waals surface area contributed by atoms with Crippen molar-refractivity contribution in [1.29, 1.82) is 0 Å². The number of ether oxygens (including phenoxy) is 2. The molecule has 1 N–H and O–H groups in total. The van der Waals surface area contributed by atoms with Crippen LogP contribution in [-0.4, -0.2) is 31.3 Å². The second-order valence-electron chi connectivity index (χ2n) is 3.75. The summed E-state index contributed by atoms with van der Waals surface area (Å²) in [6.07, 6.45) is 4.13. The highest BCUT2D eigenvalue weighted by Crippen LogP contribution is 2.29. The zero-order valence-corrected chi connectivity index (χ0v) is 10.8. The van der Waals surface area contributed by atoms with Crippen LogP contribution in [0, 0.1) is 0 Å². The van der Waals surface area contributed by atoms with Crippen molar-refractivity contribution < 1.29 is 9.47 Å². The Kier molecular flexibility index (Phi) is 4.01. The fourth-order valence-corrected chi connectivity index (χ4v) is 2.06. The molecule has 1 aromatic rings. The van der Waals surface area contributed by atoms with E-state index in [0.29, 0.717) is 11.6 Å². The number of hydrogen-bond acceptors (Lipinski definition) is 4. The molecule has 0 bridgehead atoms. The highest BCUT2D eigenvalue weighted by molar-refractivity contribution is 9.10. The molecule has 2 rings (SSSR count). The molecule has 16 heavy (non-hydrogen) atoms. The van der Waals surface area contributed by atoms with Crippen LogP contribution in [0.4, 0.5) is 0 Å².